The van der Waals surface area contributed by atoms with Gasteiger partial charge in [0.2, 0.25) is 0 Å². The maximum absolute atomic E-state index is 11.6. The van der Waals surface area contributed by atoms with Gasteiger partial charge in [-0.25, -0.2) is 4.79 Å². The number of hydrogen-bond donors (Lipinski definition) is 2. The number of carbonyl (C=O) groups is 1. The summed E-state index contributed by atoms with van der Waals surface area (Å²) >= 11 is 0. The summed E-state index contributed by atoms with van der Waals surface area (Å²) < 4.78 is 10.8. The van der Waals surface area contributed by atoms with Gasteiger partial charge in [0.05, 0.1) is 13.2 Å². The monoisotopic (exact) mass is 368 g/mol. The molecule has 0 bridgehead atoms. The lowest BCUT2D eigenvalue weighted by molar-refractivity contribution is -0.113. The van der Waals surface area contributed by atoms with Crippen molar-refractivity contribution in [3.63, 3.8) is 0 Å². The van der Waals surface area contributed by atoms with Crippen LogP contribution in [-0.2, 0) is 9.47 Å². The zero-order valence-electron chi connectivity index (χ0n) is 17.0. The van der Waals surface area contributed by atoms with Gasteiger partial charge >= 0.3 is 6.09 Å². The van der Waals surface area contributed by atoms with Crippen molar-refractivity contribution < 1.29 is 14.3 Å². The Hall–Kier alpha value is -1.50. The Labute approximate surface area is 157 Å². The first-order valence-corrected chi connectivity index (χ1v) is 9.86. The van der Waals surface area contributed by atoms with E-state index in [2.05, 4.69) is 36.4 Å². The van der Waals surface area contributed by atoms with E-state index in [0.717, 1.165) is 38.2 Å². The Kier molecular flexibility index (Phi) is 7.55. The van der Waals surface area contributed by atoms with E-state index in [1.54, 1.807) is 11.9 Å². The lowest BCUT2D eigenvalue weighted by Crippen LogP contribution is -2.64. The predicted octanol–water partition coefficient (Wildman–Crippen LogP) is 2.37. The van der Waals surface area contributed by atoms with E-state index < -0.39 is 0 Å². The highest BCUT2D eigenvalue weighted by atomic mass is 16.5. The third-order valence-electron chi connectivity index (χ3n) is 5.80. The summed E-state index contributed by atoms with van der Waals surface area (Å²) in [4.78, 5) is 17.7. The van der Waals surface area contributed by atoms with E-state index in [1.165, 1.54) is 13.5 Å². The number of piperidine rings is 1. The van der Waals surface area contributed by atoms with E-state index in [4.69, 9.17) is 9.47 Å². The molecule has 2 unspecified atom stereocenters. The van der Waals surface area contributed by atoms with Crippen LogP contribution in [0, 0.1) is 5.41 Å². The molecular weight excluding hydrogens is 332 g/mol. The van der Waals surface area contributed by atoms with Crippen molar-refractivity contribution in [1.82, 2.24) is 15.5 Å². The summed E-state index contributed by atoms with van der Waals surface area (Å²) in [5.41, 5.74) is 0.0968. The number of carbonyl (C=O) groups excluding carboxylic acids is 1. The van der Waals surface area contributed by atoms with Crippen LogP contribution in [0.3, 0.4) is 0 Å². The minimum absolute atomic E-state index is 0.0968. The fraction of sp³-hybridized carbons (Fsp3) is 0.895. The number of ether oxygens (including phenoxy) is 2. The van der Waals surface area contributed by atoms with E-state index in [1.807, 2.05) is 0 Å². The molecule has 0 aromatic carbocycles. The van der Waals surface area contributed by atoms with Crippen molar-refractivity contribution in [3.05, 3.63) is 0 Å². The fourth-order valence-corrected chi connectivity index (χ4v) is 3.65. The first-order valence-electron chi connectivity index (χ1n) is 9.86. The minimum atomic E-state index is -0.240. The SMILES string of the molecule is CCCCOC1CC(NC(=NC)NC2CCN(C(=O)OC)CC2)C1(C)C. The van der Waals surface area contributed by atoms with Gasteiger partial charge in [-0.2, -0.15) is 0 Å². The second-order valence-corrected chi connectivity index (χ2v) is 7.91. The zero-order valence-corrected chi connectivity index (χ0v) is 17.0. The normalized spacial score (nSPS) is 26.2. The van der Waals surface area contributed by atoms with Gasteiger partial charge in [0.1, 0.15) is 0 Å². The van der Waals surface area contributed by atoms with E-state index in [0.29, 0.717) is 31.3 Å². The first-order chi connectivity index (χ1) is 12.4. The van der Waals surface area contributed by atoms with Crippen molar-refractivity contribution in [2.75, 3.05) is 33.9 Å². The van der Waals surface area contributed by atoms with Gasteiger partial charge in [0.25, 0.3) is 0 Å². The summed E-state index contributed by atoms with van der Waals surface area (Å²) in [5, 5.41) is 7.07. The number of nitrogens with one attached hydrogen (secondary N) is 2. The molecule has 1 saturated heterocycles. The van der Waals surface area contributed by atoms with Crippen LogP contribution in [-0.4, -0.2) is 69.0 Å². The molecule has 2 aliphatic rings. The third-order valence-corrected chi connectivity index (χ3v) is 5.80. The van der Waals surface area contributed by atoms with Crippen LogP contribution in [0.1, 0.15) is 52.9 Å². The molecule has 0 aromatic rings. The van der Waals surface area contributed by atoms with Gasteiger partial charge in [0, 0.05) is 44.2 Å². The second kappa shape index (κ2) is 9.44. The standard InChI is InChI=1S/C19H36N4O3/c1-6-7-12-26-16-13-15(19(16,2)3)22-17(20-4)21-14-8-10-23(11-9-14)18(24)25-5/h14-16H,6-13H2,1-5H3,(H2,20,21,22). The molecule has 1 amide bonds. The largest absolute Gasteiger partial charge is 0.453 e. The summed E-state index contributed by atoms with van der Waals surface area (Å²) in [5.74, 6) is 0.839. The lowest BCUT2D eigenvalue weighted by Gasteiger charge is -2.52. The lowest BCUT2D eigenvalue weighted by atomic mass is 9.64. The minimum Gasteiger partial charge on any atom is -0.453 e. The summed E-state index contributed by atoms with van der Waals surface area (Å²) in [6.07, 6.45) is 5.17. The van der Waals surface area contributed by atoms with Crippen LogP contribution in [0.25, 0.3) is 0 Å². The Balaban J connectivity index is 1.76. The van der Waals surface area contributed by atoms with Gasteiger partial charge in [-0.1, -0.05) is 27.2 Å². The molecule has 1 aliphatic heterocycles. The molecule has 0 aromatic heterocycles. The third kappa shape index (κ3) is 5.02. The molecule has 7 nitrogen and oxygen atoms in total. The molecule has 2 rings (SSSR count). The summed E-state index contributed by atoms with van der Waals surface area (Å²) in [7, 11) is 3.23. The van der Waals surface area contributed by atoms with Gasteiger partial charge in [-0.15, -0.1) is 0 Å². The van der Waals surface area contributed by atoms with Crippen LogP contribution in [0.15, 0.2) is 4.99 Å². The van der Waals surface area contributed by atoms with E-state index >= 15 is 0 Å². The number of likely N-dealkylation sites (tertiary alicyclic amines) is 1. The fourth-order valence-electron chi connectivity index (χ4n) is 3.65. The van der Waals surface area contributed by atoms with Gasteiger partial charge < -0.3 is 25.0 Å². The number of nitrogens with zero attached hydrogens (tertiary/aromatic N) is 2. The van der Waals surface area contributed by atoms with E-state index in [-0.39, 0.29) is 11.5 Å². The van der Waals surface area contributed by atoms with Crippen molar-refractivity contribution >= 4 is 12.1 Å². The van der Waals surface area contributed by atoms with E-state index in [9.17, 15) is 4.79 Å². The van der Waals surface area contributed by atoms with Crippen LogP contribution in [0.4, 0.5) is 4.79 Å². The van der Waals surface area contributed by atoms with Crippen LogP contribution in [0.2, 0.25) is 0 Å². The maximum atomic E-state index is 11.6. The number of methoxy groups -OCH3 is 1. The average Bonchev–Trinajstić information content (AvgIpc) is 2.65. The maximum Gasteiger partial charge on any atom is 0.409 e. The summed E-state index contributed by atoms with van der Waals surface area (Å²) in [6, 6.07) is 0.678. The number of guanidine groups is 1. The Morgan fingerprint density at radius 2 is 1.96 bits per heavy atom. The second-order valence-electron chi connectivity index (χ2n) is 7.91. The Morgan fingerprint density at radius 3 is 2.50 bits per heavy atom. The van der Waals surface area contributed by atoms with Gasteiger partial charge in [-0.05, 0) is 25.7 Å². The molecule has 1 aliphatic carbocycles. The molecule has 7 heteroatoms. The van der Waals surface area contributed by atoms with Crippen molar-refractivity contribution in [2.24, 2.45) is 10.4 Å². The highest BCUT2D eigenvalue weighted by Gasteiger charge is 2.49. The number of rotatable bonds is 6. The Morgan fingerprint density at radius 1 is 1.27 bits per heavy atom. The van der Waals surface area contributed by atoms with Crippen LogP contribution < -0.4 is 10.6 Å². The number of amides is 1. The molecule has 1 heterocycles. The highest BCUT2D eigenvalue weighted by molar-refractivity contribution is 5.80. The Bertz CT molecular complexity index is 487. The molecule has 2 N–H and O–H groups in total. The number of aliphatic imine (C=N–C) groups is 1. The molecule has 2 atom stereocenters. The smallest absolute Gasteiger partial charge is 0.409 e. The van der Waals surface area contributed by atoms with Crippen molar-refractivity contribution in [3.8, 4) is 0 Å². The first kappa shape index (κ1) is 20.8. The topological polar surface area (TPSA) is 75.2 Å². The highest BCUT2D eigenvalue weighted by Crippen LogP contribution is 2.42. The zero-order chi connectivity index (χ0) is 19.2. The van der Waals surface area contributed by atoms with Crippen molar-refractivity contribution in [2.45, 2.75) is 71.1 Å². The average molecular weight is 369 g/mol. The van der Waals surface area contributed by atoms with Crippen LogP contribution >= 0.6 is 0 Å². The van der Waals surface area contributed by atoms with Crippen molar-refractivity contribution in [1.29, 1.82) is 0 Å². The summed E-state index contributed by atoms with van der Waals surface area (Å²) in [6.45, 7) is 8.97. The van der Waals surface area contributed by atoms with Gasteiger partial charge in [0.15, 0.2) is 5.96 Å². The predicted molar refractivity (Wildman–Crippen MR) is 103 cm³/mol. The molecule has 26 heavy (non-hydrogen) atoms. The number of unbranched alkanes of at least 4 members (excludes halogenated alkanes) is 1. The number of hydrogen-bond acceptors (Lipinski definition) is 4. The van der Waals surface area contributed by atoms with Crippen LogP contribution in [0.5, 0.6) is 0 Å². The molecule has 0 spiro atoms. The molecular formula is C19H36N4O3. The molecule has 0 radical (unpaired) electrons. The molecule has 2 fully saturated rings. The van der Waals surface area contributed by atoms with Gasteiger partial charge in [-0.3, -0.25) is 4.99 Å². The molecule has 150 valence electrons. The quantitative estimate of drug-likeness (QED) is 0.428. The molecule has 1 saturated carbocycles.